The van der Waals surface area contributed by atoms with Gasteiger partial charge in [-0.1, -0.05) is 12.8 Å². The minimum Gasteiger partial charge on any atom is -0.370 e. The Kier molecular flexibility index (Phi) is 7.21. The maximum atomic E-state index is 12.1. The van der Waals surface area contributed by atoms with Gasteiger partial charge in [0.25, 0.3) is 5.56 Å². The second-order valence-electron chi connectivity index (χ2n) is 5.44. The van der Waals surface area contributed by atoms with Gasteiger partial charge < -0.3 is 15.2 Å². The number of likely N-dealkylation sites (tertiary alicyclic amines) is 1. The Labute approximate surface area is 143 Å². The van der Waals surface area contributed by atoms with Crippen molar-refractivity contribution >= 4 is 29.9 Å². The van der Waals surface area contributed by atoms with E-state index in [0.29, 0.717) is 18.1 Å². The summed E-state index contributed by atoms with van der Waals surface area (Å²) in [6.45, 7) is 4.22. The fourth-order valence-electron chi connectivity index (χ4n) is 2.47. The quantitative estimate of drug-likeness (QED) is 0.466. The Morgan fingerprint density at radius 1 is 1.24 bits per heavy atom. The molecule has 0 unspecified atom stereocenters. The summed E-state index contributed by atoms with van der Waals surface area (Å²) in [7, 11) is 1.78. The Hall–Kier alpha value is -1.05. The van der Waals surface area contributed by atoms with Gasteiger partial charge in [0.2, 0.25) is 0 Å². The summed E-state index contributed by atoms with van der Waals surface area (Å²) in [6, 6.07) is 3.78. The lowest BCUT2D eigenvalue weighted by Gasteiger charge is -2.21. The van der Waals surface area contributed by atoms with Crippen LogP contribution in [0.4, 0.5) is 0 Å². The summed E-state index contributed by atoms with van der Waals surface area (Å²) >= 11 is 0. The van der Waals surface area contributed by atoms with Crippen LogP contribution >= 0.6 is 24.0 Å². The fourth-order valence-corrected chi connectivity index (χ4v) is 2.47. The smallest absolute Gasteiger partial charge is 0.255 e. The molecule has 0 amide bonds. The number of hydrogen-bond acceptors (Lipinski definition) is 2. The molecular weight excluding hydrogens is 379 g/mol. The number of nitrogens with two attached hydrogens (primary N) is 1. The molecule has 5 nitrogen and oxygen atoms in total. The fraction of sp³-hybridized carbons (Fsp3) is 0.600. The van der Waals surface area contributed by atoms with Crippen LogP contribution in [-0.4, -0.2) is 28.5 Å². The highest BCUT2D eigenvalue weighted by Gasteiger charge is 2.11. The first-order chi connectivity index (χ1) is 9.59. The van der Waals surface area contributed by atoms with Gasteiger partial charge in [0.1, 0.15) is 0 Å². The SMILES string of the molecule is Cc1ccc(CN=C(N)N2CCCCCC2)c(=O)n1C.I. The van der Waals surface area contributed by atoms with Gasteiger partial charge >= 0.3 is 0 Å². The number of halogens is 1. The number of aliphatic imine (C=N–C) groups is 1. The van der Waals surface area contributed by atoms with Crippen LogP contribution in [0.2, 0.25) is 0 Å². The van der Waals surface area contributed by atoms with Crippen LogP contribution in [0.1, 0.15) is 36.9 Å². The number of guanidine groups is 1. The van der Waals surface area contributed by atoms with E-state index in [1.807, 2.05) is 19.1 Å². The molecule has 1 saturated heterocycles. The zero-order valence-electron chi connectivity index (χ0n) is 12.8. The van der Waals surface area contributed by atoms with E-state index in [1.165, 1.54) is 25.7 Å². The predicted molar refractivity (Wildman–Crippen MR) is 97.2 cm³/mol. The third-order valence-electron chi connectivity index (χ3n) is 3.98. The van der Waals surface area contributed by atoms with Crippen LogP contribution in [0.3, 0.4) is 0 Å². The molecule has 0 saturated carbocycles. The van der Waals surface area contributed by atoms with Gasteiger partial charge in [-0.15, -0.1) is 24.0 Å². The average molecular weight is 404 g/mol. The van der Waals surface area contributed by atoms with Crippen molar-refractivity contribution in [1.29, 1.82) is 0 Å². The molecule has 1 aliphatic rings. The lowest BCUT2D eigenvalue weighted by molar-refractivity contribution is 0.428. The lowest BCUT2D eigenvalue weighted by Crippen LogP contribution is -2.38. The van der Waals surface area contributed by atoms with Crippen molar-refractivity contribution in [1.82, 2.24) is 9.47 Å². The summed E-state index contributed by atoms with van der Waals surface area (Å²) in [5.41, 5.74) is 7.70. The zero-order valence-corrected chi connectivity index (χ0v) is 15.2. The summed E-state index contributed by atoms with van der Waals surface area (Å²) < 4.78 is 1.65. The number of nitrogens with zero attached hydrogens (tertiary/aromatic N) is 3. The lowest BCUT2D eigenvalue weighted by atomic mass is 10.2. The van der Waals surface area contributed by atoms with E-state index < -0.39 is 0 Å². The van der Waals surface area contributed by atoms with Crippen molar-refractivity contribution < 1.29 is 0 Å². The monoisotopic (exact) mass is 404 g/mol. The Balaban J connectivity index is 0.00000220. The third kappa shape index (κ3) is 4.72. The number of rotatable bonds is 2. The van der Waals surface area contributed by atoms with Crippen molar-refractivity contribution in [3.8, 4) is 0 Å². The molecule has 0 aromatic carbocycles. The molecule has 0 aliphatic carbocycles. The van der Waals surface area contributed by atoms with Crippen LogP contribution in [0.25, 0.3) is 0 Å². The molecule has 118 valence electrons. The van der Waals surface area contributed by atoms with Gasteiger partial charge in [-0.3, -0.25) is 4.79 Å². The maximum absolute atomic E-state index is 12.1. The standard InChI is InChI=1S/C15H24N4O.HI/c1-12-7-8-13(14(20)18(12)2)11-17-15(16)19-9-5-3-4-6-10-19;/h7-8H,3-6,9-11H2,1-2H3,(H2,16,17);1H. The van der Waals surface area contributed by atoms with Crippen molar-refractivity contribution in [2.75, 3.05) is 13.1 Å². The molecule has 6 heteroatoms. The molecule has 0 radical (unpaired) electrons. The van der Waals surface area contributed by atoms with Gasteiger partial charge in [-0.05, 0) is 31.9 Å². The van der Waals surface area contributed by atoms with E-state index in [1.54, 1.807) is 11.6 Å². The van der Waals surface area contributed by atoms with E-state index in [-0.39, 0.29) is 29.5 Å². The topological polar surface area (TPSA) is 63.6 Å². The third-order valence-corrected chi connectivity index (χ3v) is 3.98. The minimum absolute atomic E-state index is 0. The number of pyridine rings is 1. The second-order valence-corrected chi connectivity index (χ2v) is 5.44. The van der Waals surface area contributed by atoms with E-state index >= 15 is 0 Å². The molecule has 2 heterocycles. The van der Waals surface area contributed by atoms with E-state index in [0.717, 1.165) is 18.8 Å². The summed E-state index contributed by atoms with van der Waals surface area (Å²) in [5.74, 6) is 0.564. The Morgan fingerprint density at radius 3 is 2.48 bits per heavy atom. The first-order valence-corrected chi connectivity index (χ1v) is 7.30. The summed E-state index contributed by atoms with van der Waals surface area (Å²) in [6.07, 6.45) is 4.87. The van der Waals surface area contributed by atoms with Crippen molar-refractivity contribution in [3.05, 3.63) is 33.7 Å². The molecule has 2 rings (SSSR count). The van der Waals surface area contributed by atoms with Gasteiger partial charge in [0.15, 0.2) is 5.96 Å². The van der Waals surface area contributed by atoms with Crippen LogP contribution in [0.15, 0.2) is 21.9 Å². The molecule has 0 atom stereocenters. The molecule has 1 fully saturated rings. The van der Waals surface area contributed by atoms with Crippen molar-refractivity contribution in [2.24, 2.45) is 17.8 Å². The first kappa shape index (κ1) is 18.0. The van der Waals surface area contributed by atoms with E-state index in [4.69, 9.17) is 5.73 Å². The molecule has 2 N–H and O–H groups in total. The highest BCUT2D eigenvalue weighted by Crippen LogP contribution is 2.09. The average Bonchev–Trinajstić information content (AvgIpc) is 2.73. The summed E-state index contributed by atoms with van der Waals surface area (Å²) in [5, 5.41) is 0. The zero-order chi connectivity index (χ0) is 14.5. The number of hydrogen-bond donors (Lipinski definition) is 1. The van der Waals surface area contributed by atoms with E-state index in [2.05, 4.69) is 9.89 Å². The first-order valence-electron chi connectivity index (χ1n) is 7.30. The summed E-state index contributed by atoms with van der Waals surface area (Å²) in [4.78, 5) is 18.6. The van der Waals surface area contributed by atoms with Crippen molar-refractivity contribution in [3.63, 3.8) is 0 Å². The van der Waals surface area contributed by atoms with Crippen LogP contribution in [0, 0.1) is 6.92 Å². The molecule has 1 aromatic heterocycles. The van der Waals surface area contributed by atoms with Crippen LogP contribution in [0.5, 0.6) is 0 Å². The molecule has 1 aromatic rings. The van der Waals surface area contributed by atoms with Gasteiger partial charge in [-0.25, -0.2) is 4.99 Å². The van der Waals surface area contributed by atoms with Crippen molar-refractivity contribution in [2.45, 2.75) is 39.2 Å². The van der Waals surface area contributed by atoms with Crippen LogP contribution in [-0.2, 0) is 13.6 Å². The number of aryl methyl sites for hydroxylation is 1. The molecule has 21 heavy (non-hydrogen) atoms. The van der Waals surface area contributed by atoms with Gasteiger partial charge in [-0.2, -0.15) is 0 Å². The normalized spacial score (nSPS) is 16.3. The largest absolute Gasteiger partial charge is 0.370 e. The highest BCUT2D eigenvalue weighted by atomic mass is 127. The highest BCUT2D eigenvalue weighted by molar-refractivity contribution is 14.0. The van der Waals surface area contributed by atoms with E-state index in [9.17, 15) is 4.79 Å². The molecule has 0 bridgehead atoms. The molecular formula is C15H25IN4O. The van der Waals surface area contributed by atoms with Gasteiger partial charge in [0, 0.05) is 31.4 Å². The second kappa shape index (κ2) is 8.41. The molecule has 0 spiro atoms. The Bertz CT molecular complexity index is 545. The number of aromatic nitrogens is 1. The Morgan fingerprint density at radius 2 is 1.86 bits per heavy atom. The minimum atomic E-state index is 0. The molecule has 1 aliphatic heterocycles. The maximum Gasteiger partial charge on any atom is 0.255 e. The van der Waals surface area contributed by atoms with Gasteiger partial charge in [0.05, 0.1) is 6.54 Å². The predicted octanol–water partition coefficient (Wildman–Crippen LogP) is 2.00. The van der Waals surface area contributed by atoms with Crippen LogP contribution < -0.4 is 11.3 Å².